The van der Waals surface area contributed by atoms with Gasteiger partial charge in [0.05, 0.1) is 26.3 Å². The SMILES string of the molecule is Cc1ccsc1S(=O)Cc1ccc(C(F)(F)F)cc1. The van der Waals surface area contributed by atoms with E-state index in [4.69, 9.17) is 0 Å². The van der Waals surface area contributed by atoms with E-state index in [-0.39, 0.29) is 5.75 Å². The molecule has 1 unspecified atom stereocenters. The second kappa shape index (κ2) is 5.46. The van der Waals surface area contributed by atoms with E-state index in [0.717, 1.165) is 21.9 Å². The zero-order valence-electron chi connectivity index (χ0n) is 10.0. The van der Waals surface area contributed by atoms with Crippen molar-refractivity contribution in [2.45, 2.75) is 23.1 Å². The smallest absolute Gasteiger partial charge is 0.253 e. The Bertz CT molecular complexity index is 585. The van der Waals surface area contributed by atoms with Gasteiger partial charge in [0.25, 0.3) is 0 Å². The first-order valence-electron chi connectivity index (χ1n) is 5.46. The van der Waals surface area contributed by atoms with Crippen molar-refractivity contribution in [2.75, 3.05) is 0 Å². The lowest BCUT2D eigenvalue weighted by Gasteiger charge is -2.07. The minimum Gasteiger partial charge on any atom is -0.253 e. The van der Waals surface area contributed by atoms with Crippen LogP contribution in [0.4, 0.5) is 13.2 Å². The molecule has 1 nitrogen and oxygen atoms in total. The third-order valence-electron chi connectivity index (χ3n) is 2.60. The first-order valence-corrected chi connectivity index (χ1v) is 7.66. The van der Waals surface area contributed by atoms with Gasteiger partial charge in [-0.1, -0.05) is 12.1 Å². The average molecular weight is 304 g/mol. The summed E-state index contributed by atoms with van der Waals surface area (Å²) in [6.45, 7) is 1.87. The van der Waals surface area contributed by atoms with Crippen molar-refractivity contribution in [2.24, 2.45) is 0 Å². The largest absolute Gasteiger partial charge is 0.416 e. The number of halogens is 3. The van der Waals surface area contributed by atoms with Crippen LogP contribution in [0, 0.1) is 6.92 Å². The molecule has 0 fully saturated rings. The summed E-state index contributed by atoms with van der Waals surface area (Å²) < 4.78 is 50.1. The Morgan fingerprint density at radius 3 is 2.26 bits per heavy atom. The monoisotopic (exact) mass is 304 g/mol. The van der Waals surface area contributed by atoms with E-state index in [1.165, 1.54) is 23.5 Å². The zero-order valence-corrected chi connectivity index (χ0v) is 11.7. The number of alkyl halides is 3. The van der Waals surface area contributed by atoms with Gasteiger partial charge in [-0.05, 0) is 41.6 Å². The number of benzene rings is 1. The highest BCUT2D eigenvalue weighted by molar-refractivity contribution is 7.86. The van der Waals surface area contributed by atoms with Crippen LogP contribution in [-0.4, -0.2) is 4.21 Å². The molecule has 2 rings (SSSR count). The molecule has 0 aliphatic carbocycles. The lowest BCUT2D eigenvalue weighted by Crippen LogP contribution is -2.05. The van der Waals surface area contributed by atoms with Crippen molar-refractivity contribution < 1.29 is 17.4 Å². The second-order valence-electron chi connectivity index (χ2n) is 4.08. The Labute approximate surface area is 115 Å². The first-order chi connectivity index (χ1) is 8.88. The number of aryl methyl sites for hydroxylation is 1. The van der Waals surface area contributed by atoms with E-state index in [2.05, 4.69) is 0 Å². The molecule has 1 atom stereocenters. The fourth-order valence-electron chi connectivity index (χ4n) is 1.60. The molecule has 102 valence electrons. The summed E-state index contributed by atoms with van der Waals surface area (Å²) in [5, 5.41) is 1.86. The van der Waals surface area contributed by atoms with Crippen LogP contribution < -0.4 is 0 Å². The molecule has 0 bridgehead atoms. The van der Waals surface area contributed by atoms with E-state index in [1.807, 2.05) is 18.4 Å². The maximum Gasteiger partial charge on any atom is 0.416 e. The number of rotatable bonds is 3. The summed E-state index contributed by atoms with van der Waals surface area (Å²) in [6.07, 6.45) is -4.33. The molecule has 0 spiro atoms. The van der Waals surface area contributed by atoms with E-state index in [1.54, 1.807) is 0 Å². The molecule has 0 amide bonds. The molecule has 0 radical (unpaired) electrons. The normalized spacial score (nSPS) is 13.5. The van der Waals surface area contributed by atoms with Gasteiger partial charge in [0, 0.05) is 0 Å². The molecule has 1 heterocycles. The fourth-order valence-corrected chi connectivity index (χ4v) is 4.07. The van der Waals surface area contributed by atoms with Gasteiger partial charge in [0.2, 0.25) is 0 Å². The molecule has 0 saturated carbocycles. The number of thiophene rings is 1. The van der Waals surface area contributed by atoms with Crippen molar-refractivity contribution >= 4 is 22.1 Å². The van der Waals surface area contributed by atoms with Crippen LogP contribution in [-0.2, 0) is 22.7 Å². The Balaban J connectivity index is 2.12. The highest BCUT2D eigenvalue weighted by atomic mass is 32.2. The fraction of sp³-hybridized carbons (Fsp3) is 0.231. The molecule has 1 aromatic heterocycles. The molecule has 0 aliphatic rings. The molecule has 6 heteroatoms. The van der Waals surface area contributed by atoms with Crippen LogP contribution in [0.3, 0.4) is 0 Å². The van der Waals surface area contributed by atoms with Crippen molar-refractivity contribution in [1.29, 1.82) is 0 Å². The third-order valence-corrected chi connectivity index (χ3v) is 5.59. The standard InChI is InChI=1S/C13H11F3OS2/c1-9-6-7-18-12(9)19(17)8-10-2-4-11(5-3-10)13(14,15)16/h2-7H,8H2,1H3. The quantitative estimate of drug-likeness (QED) is 0.822. The van der Waals surface area contributed by atoms with Gasteiger partial charge < -0.3 is 0 Å². The van der Waals surface area contributed by atoms with Crippen LogP contribution in [0.25, 0.3) is 0 Å². The van der Waals surface area contributed by atoms with E-state index in [0.29, 0.717) is 5.56 Å². The molecule has 1 aromatic carbocycles. The van der Waals surface area contributed by atoms with Crippen LogP contribution in [0.2, 0.25) is 0 Å². The average Bonchev–Trinajstić information content (AvgIpc) is 2.75. The van der Waals surface area contributed by atoms with Gasteiger partial charge in [-0.25, -0.2) is 0 Å². The van der Waals surface area contributed by atoms with Crippen LogP contribution >= 0.6 is 11.3 Å². The first kappa shape index (κ1) is 14.3. The van der Waals surface area contributed by atoms with Crippen molar-refractivity contribution in [3.05, 3.63) is 52.4 Å². The minimum atomic E-state index is -4.33. The van der Waals surface area contributed by atoms with Gasteiger partial charge in [0.15, 0.2) is 0 Å². The Kier molecular flexibility index (Phi) is 4.10. The van der Waals surface area contributed by atoms with Gasteiger partial charge >= 0.3 is 6.18 Å². The summed E-state index contributed by atoms with van der Waals surface area (Å²) in [4.78, 5) is 0. The van der Waals surface area contributed by atoms with Gasteiger partial charge in [-0.3, -0.25) is 4.21 Å². The topological polar surface area (TPSA) is 17.1 Å². The minimum absolute atomic E-state index is 0.236. The van der Waals surface area contributed by atoms with Gasteiger partial charge in [0.1, 0.15) is 0 Å². The lowest BCUT2D eigenvalue weighted by atomic mass is 10.1. The molecule has 0 saturated heterocycles. The number of hydrogen-bond donors (Lipinski definition) is 0. The van der Waals surface area contributed by atoms with Gasteiger partial charge in [-0.2, -0.15) is 13.2 Å². The Morgan fingerprint density at radius 2 is 1.79 bits per heavy atom. The lowest BCUT2D eigenvalue weighted by molar-refractivity contribution is -0.137. The van der Waals surface area contributed by atoms with Crippen LogP contribution in [0.15, 0.2) is 39.9 Å². The van der Waals surface area contributed by atoms with Gasteiger partial charge in [-0.15, -0.1) is 11.3 Å². The molecule has 19 heavy (non-hydrogen) atoms. The molecular formula is C13H11F3OS2. The predicted octanol–water partition coefficient (Wildman–Crippen LogP) is 4.38. The van der Waals surface area contributed by atoms with E-state index < -0.39 is 22.5 Å². The summed E-state index contributed by atoms with van der Waals surface area (Å²) in [5.74, 6) is 0.236. The van der Waals surface area contributed by atoms with Crippen molar-refractivity contribution in [3.63, 3.8) is 0 Å². The molecule has 0 aliphatic heterocycles. The molecular weight excluding hydrogens is 293 g/mol. The molecule has 2 aromatic rings. The van der Waals surface area contributed by atoms with E-state index >= 15 is 0 Å². The highest BCUT2D eigenvalue weighted by Crippen LogP contribution is 2.29. The summed E-state index contributed by atoms with van der Waals surface area (Å²) in [5.41, 5.74) is 0.906. The predicted molar refractivity (Wildman–Crippen MR) is 70.6 cm³/mol. The Morgan fingerprint density at radius 1 is 1.16 bits per heavy atom. The summed E-state index contributed by atoms with van der Waals surface area (Å²) in [7, 11) is -1.21. The zero-order chi connectivity index (χ0) is 14.0. The van der Waals surface area contributed by atoms with E-state index in [9.17, 15) is 17.4 Å². The van der Waals surface area contributed by atoms with Crippen LogP contribution in [0.5, 0.6) is 0 Å². The Hall–Kier alpha value is -1.14. The maximum absolute atomic E-state index is 12.4. The summed E-state index contributed by atoms with van der Waals surface area (Å²) in [6, 6.07) is 6.68. The third kappa shape index (κ3) is 3.45. The highest BCUT2D eigenvalue weighted by Gasteiger charge is 2.29. The molecule has 0 N–H and O–H groups in total. The second-order valence-corrected chi connectivity index (χ2v) is 6.64. The van der Waals surface area contributed by atoms with Crippen molar-refractivity contribution in [3.8, 4) is 0 Å². The van der Waals surface area contributed by atoms with Crippen molar-refractivity contribution in [1.82, 2.24) is 0 Å². The van der Waals surface area contributed by atoms with Crippen LogP contribution in [0.1, 0.15) is 16.7 Å². The maximum atomic E-state index is 12.4. The summed E-state index contributed by atoms with van der Waals surface area (Å²) >= 11 is 1.40. The number of hydrogen-bond acceptors (Lipinski definition) is 2.